The summed E-state index contributed by atoms with van der Waals surface area (Å²) >= 11 is 0. The lowest BCUT2D eigenvalue weighted by molar-refractivity contribution is 0.417. The summed E-state index contributed by atoms with van der Waals surface area (Å²) in [5.74, 6) is 1.75. The Morgan fingerprint density at radius 1 is 0.976 bits per heavy atom. The molecule has 0 saturated carbocycles. The first-order chi connectivity index (χ1) is 19.8. The Hall–Kier alpha value is -4.22. The Balaban J connectivity index is 1.30. The molecule has 5 rings (SSSR count). The molecule has 10 nitrogen and oxygen atoms in total. The van der Waals surface area contributed by atoms with Gasteiger partial charge in [-0.05, 0) is 55.3 Å². The second-order valence-electron chi connectivity index (χ2n) is 10.1. The fourth-order valence-corrected chi connectivity index (χ4v) is 5.22. The number of unbranched alkanes of at least 4 members (excludes halogenated alkanes) is 1. The van der Waals surface area contributed by atoms with Gasteiger partial charge in [-0.2, -0.15) is 5.10 Å². The van der Waals surface area contributed by atoms with Crippen LogP contribution in [0, 0.1) is 0 Å². The molecule has 0 aliphatic rings. The molecule has 0 atom stereocenters. The first-order valence-corrected chi connectivity index (χ1v) is 15.6. The minimum Gasteiger partial charge on any atom is -0.495 e. The van der Waals surface area contributed by atoms with Gasteiger partial charge in [-0.15, -0.1) is 0 Å². The molecule has 3 aromatic carbocycles. The first kappa shape index (κ1) is 28.3. The van der Waals surface area contributed by atoms with E-state index in [1.54, 1.807) is 7.11 Å². The third kappa shape index (κ3) is 7.11. The molecule has 2 aromatic heterocycles. The van der Waals surface area contributed by atoms with E-state index in [4.69, 9.17) is 15.5 Å². The van der Waals surface area contributed by atoms with Crippen molar-refractivity contribution < 1.29 is 13.2 Å². The first-order valence-electron chi connectivity index (χ1n) is 13.6. The van der Waals surface area contributed by atoms with Gasteiger partial charge in [0.1, 0.15) is 21.4 Å². The molecule has 5 aromatic rings. The number of nitrogens with two attached hydrogens (primary N) is 1. The van der Waals surface area contributed by atoms with Crippen LogP contribution in [0.4, 0.5) is 11.5 Å². The number of benzene rings is 3. The average Bonchev–Trinajstić information content (AvgIpc) is 3.35. The Labute approximate surface area is 239 Å². The van der Waals surface area contributed by atoms with Gasteiger partial charge in [0.25, 0.3) is 0 Å². The molecule has 0 aliphatic heterocycles. The maximum Gasteiger partial charge on any atom is 0.162 e. The monoisotopic (exact) mass is 573 g/mol. The van der Waals surface area contributed by atoms with Gasteiger partial charge in [0.15, 0.2) is 5.82 Å². The fraction of sp³-hybridized carbons (Fsp3) is 0.300. The van der Waals surface area contributed by atoms with E-state index in [1.807, 2.05) is 59.4 Å². The Bertz CT molecular complexity index is 1760. The number of nitrogens with zero attached hydrogens (tertiary/aromatic N) is 4. The number of fused-ring (bicyclic) bond motifs is 2. The second kappa shape index (κ2) is 12.5. The molecule has 0 radical (unpaired) electrons. The number of methoxy groups -OCH3 is 1. The van der Waals surface area contributed by atoms with E-state index in [2.05, 4.69) is 32.8 Å². The summed E-state index contributed by atoms with van der Waals surface area (Å²) in [5.41, 5.74) is 11.0. The zero-order chi connectivity index (χ0) is 28.8. The third-order valence-electron chi connectivity index (χ3n) is 6.87. The standard InChI is InChI=1S/C30H35N7O3S/c1-40-28-17-24-25(18-26(28)33-13-7-6-12-32-14-15-41(2,38)39)35-30(36-29(24)31)22-10-11-27-23(16-22)19-34-37(27)20-21-8-4-3-5-9-21/h3-5,8-11,16-19,32-33H,6-7,12-15,20H2,1-2H3,(H2,31,35,36). The van der Waals surface area contributed by atoms with Crippen LogP contribution in [-0.2, 0) is 16.4 Å². The van der Waals surface area contributed by atoms with E-state index in [0.717, 1.165) is 59.0 Å². The normalized spacial score (nSPS) is 11.8. The van der Waals surface area contributed by atoms with Gasteiger partial charge in [-0.1, -0.05) is 30.3 Å². The molecule has 0 unspecified atom stereocenters. The van der Waals surface area contributed by atoms with Crippen LogP contribution in [0.1, 0.15) is 18.4 Å². The van der Waals surface area contributed by atoms with E-state index in [1.165, 1.54) is 11.8 Å². The highest BCUT2D eigenvalue weighted by molar-refractivity contribution is 7.90. The van der Waals surface area contributed by atoms with Gasteiger partial charge in [0, 0.05) is 35.7 Å². The zero-order valence-corrected chi connectivity index (χ0v) is 24.1. The number of rotatable bonds is 13. The second-order valence-corrected chi connectivity index (χ2v) is 12.3. The molecule has 0 saturated heterocycles. The van der Waals surface area contributed by atoms with Crippen LogP contribution in [0.2, 0.25) is 0 Å². The lowest BCUT2D eigenvalue weighted by atomic mass is 10.1. The highest BCUT2D eigenvalue weighted by atomic mass is 32.2. The number of nitrogens with one attached hydrogen (secondary N) is 2. The van der Waals surface area contributed by atoms with Gasteiger partial charge in [0.2, 0.25) is 0 Å². The topological polar surface area (TPSA) is 137 Å². The van der Waals surface area contributed by atoms with E-state index in [-0.39, 0.29) is 5.75 Å². The zero-order valence-electron chi connectivity index (χ0n) is 23.3. The van der Waals surface area contributed by atoms with E-state index in [0.29, 0.717) is 30.5 Å². The largest absolute Gasteiger partial charge is 0.495 e. The minimum absolute atomic E-state index is 0.151. The summed E-state index contributed by atoms with van der Waals surface area (Å²) in [6, 6.07) is 20.1. The smallest absolute Gasteiger partial charge is 0.162 e. The van der Waals surface area contributed by atoms with Gasteiger partial charge in [0.05, 0.1) is 42.3 Å². The number of hydrogen-bond donors (Lipinski definition) is 3. The molecule has 0 fully saturated rings. The molecule has 11 heteroatoms. The summed E-state index contributed by atoms with van der Waals surface area (Å²) in [7, 11) is -1.32. The Morgan fingerprint density at radius 3 is 2.56 bits per heavy atom. The van der Waals surface area contributed by atoms with Crippen LogP contribution >= 0.6 is 0 Å². The van der Waals surface area contributed by atoms with E-state index < -0.39 is 9.84 Å². The number of sulfone groups is 1. The van der Waals surface area contributed by atoms with Gasteiger partial charge < -0.3 is 21.1 Å². The lowest BCUT2D eigenvalue weighted by Gasteiger charge is -2.14. The molecule has 0 aliphatic carbocycles. The van der Waals surface area contributed by atoms with Crippen molar-refractivity contribution in [2.24, 2.45) is 0 Å². The number of hydrogen-bond acceptors (Lipinski definition) is 9. The van der Waals surface area contributed by atoms with Crippen LogP contribution in [0.15, 0.2) is 66.9 Å². The van der Waals surface area contributed by atoms with Crippen molar-refractivity contribution in [2.75, 3.05) is 49.8 Å². The van der Waals surface area contributed by atoms with Gasteiger partial charge in [-0.25, -0.2) is 18.4 Å². The lowest BCUT2D eigenvalue weighted by Crippen LogP contribution is -2.23. The maximum atomic E-state index is 11.2. The molecular weight excluding hydrogens is 538 g/mol. The number of anilines is 2. The van der Waals surface area contributed by atoms with Crippen molar-refractivity contribution in [2.45, 2.75) is 19.4 Å². The minimum atomic E-state index is -2.94. The van der Waals surface area contributed by atoms with Crippen molar-refractivity contribution in [3.05, 3.63) is 72.4 Å². The Kier molecular flexibility index (Phi) is 8.65. The SMILES string of the molecule is COc1cc2c(N)nc(-c3ccc4c(cnn4Cc4ccccc4)c3)nc2cc1NCCCCNCCS(C)(=O)=O. The molecule has 0 bridgehead atoms. The summed E-state index contributed by atoms with van der Waals surface area (Å²) in [5, 5.41) is 12.9. The van der Waals surface area contributed by atoms with Crippen molar-refractivity contribution in [3.8, 4) is 17.1 Å². The van der Waals surface area contributed by atoms with Crippen molar-refractivity contribution in [1.29, 1.82) is 0 Å². The molecular formula is C30H35N7O3S. The number of nitrogen functional groups attached to an aromatic ring is 1. The van der Waals surface area contributed by atoms with Crippen LogP contribution in [0.3, 0.4) is 0 Å². The van der Waals surface area contributed by atoms with Gasteiger partial charge >= 0.3 is 0 Å². The molecule has 214 valence electrons. The summed E-state index contributed by atoms with van der Waals surface area (Å²) < 4.78 is 30.0. The molecule has 0 amide bonds. The van der Waals surface area contributed by atoms with Crippen LogP contribution in [0.5, 0.6) is 5.75 Å². The van der Waals surface area contributed by atoms with Crippen molar-refractivity contribution >= 4 is 43.1 Å². The molecule has 0 spiro atoms. The summed E-state index contributed by atoms with van der Waals surface area (Å²) in [4.78, 5) is 9.45. The Morgan fingerprint density at radius 2 is 1.78 bits per heavy atom. The molecule has 4 N–H and O–H groups in total. The number of aromatic nitrogens is 4. The quantitative estimate of drug-likeness (QED) is 0.178. The summed E-state index contributed by atoms with van der Waals surface area (Å²) in [6.45, 7) is 2.65. The molecule has 2 heterocycles. The van der Waals surface area contributed by atoms with Crippen molar-refractivity contribution in [1.82, 2.24) is 25.1 Å². The number of ether oxygens (including phenoxy) is 1. The predicted octanol–water partition coefficient (Wildman–Crippen LogP) is 4.11. The molecule has 41 heavy (non-hydrogen) atoms. The van der Waals surface area contributed by atoms with Crippen molar-refractivity contribution in [3.63, 3.8) is 0 Å². The van der Waals surface area contributed by atoms with Crippen LogP contribution < -0.4 is 21.1 Å². The summed E-state index contributed by atoms with van der Waals surface area (Å²) in [6.07, 6.45) is 4.93. The highest BCUT2D eigenvalue weighted by Crippen LogP contribution is 2.33. The van der Waals surface area contributed by atoms with Crippen LogP contribution in [0.25, 0.3) is 33.2 Å². The average molecular weight is 574 g/mol. The maximum absolute atomic E-state index is 11.2. The van der Waals surface area contributed by atoms with E-state index in [9.17, 15) is 8.42 Å². The van der Waals surface area contributed by atoms with Gasteiger partial charge in [-0.3, -0.25) is 4.68 Å². The third-order valence-corrected chi connectivity index (χ3v) is 7.81. The fourth-order valence-electron chi connectivity index (χ4n) is 4.70. The predicted molar refractivity (Wildman–Crippen MR) is 165 cm³/mol. The van der Waals surface area contributed by atoms with E-state index >= 15 is 0 Å². The van der Waals surface area contributed by atoms with Crippen LogP contribution in [-0.4, -0.2) is 66.9 Å². The highest BCUT2D eigenvalue weighted by Gasteiger charge is 2.14.